The van der Waals surface area contributed by atoms with Gasteiger partial charge in [0.1, 0.15) is 17.6 Å². The zero-order valence-corrected chi connectivity index (χ0v) is 11.6. The van der Waals surface area contributed by atoms with Crippen LogP contribution in [0.1, 0.15) is 25.0 Å². The van der Waals surface area contributed by atoms with E-state index in [1.807, 2.05) is 26.0 Å². The van der Waals surface area contributed by atoms with E-state index in [1.54, 1.807) is 7.05 Å². The third-order valence-electron chi connectivity index (χ3n) is 3.05. The number of benzene rings is 1. The summed E-state index contributed by atoms with van der Waals surface area (Å²) in [5.41, 5.74) is 2.10. The first-order chi connectivity index (χ1) is 9.13. The predicted octanol–water partition coefficient (Wildman–Crippen LogP) is 1.84. The predicted molar refractivity (Wildman–Crippen MR) is 72.7 cm³/mol. The molecule has 1 aliphatic heterocycles. The van der Waals surface area contributed by atoms with E-state index in [0.29, 0.717) is 13.2 Å². The number of rotatable bonds is 4. The molecule has 0 aliphatic carbocycles. The van der Waals surface area contributed by atoms with Gasteiger partial charge < -0.3 is 20.1 Å². The summed E-state index contributed by atoms with van der Waals surface area (Å²) < 4.78 is 11.4. The quantitative estimate of drug-likeness (QED) is 0.872. The maximum atomic E-state index is 11.2. The number of ether oxygens (including phenoxy) is 2. The molecule has 1 aromatic rings. The Hall–Kier alpha value is -1.91. The van der Waals surface area contributed by atoms with Gasteiger partial charge in [-0.1, -0.05) is 0 Å². The van der Waals surface area contributed by atoms with E-state index in [1.165, 1.54) is 5.56 Å². The lowest BCUT2D eigenvalue weighted by Gasteiger charge is -2.13. The molecule has 104 valence electrons. The van der Waals surface area contributed by atoms with Gasteiger partial charge in [0.2, 0.25) is 0 Å². The van der Waals surface area contributed by atoms with Crippen molar-refractivity contribution in [2.75, 3.05) is 13.7 Å². The first-order valence-electron chi connectivity index (χ1n) is 6.54. The molecule has 0 saturated heterocycles. The summed E-state index contributed by atoms with van der Waals surface area (Å²) in [5, 5.41) is 5.29. The van der Waals surface area contributed by atoms with Gasteiger partial charge in [0.05, 0.1) is 6.61 Å². The van der Waals surface area contributed by atoms with Crippen molar-refractivity contribution < 1.29 is 14.3 Å². The largest absolute Gasteiger partial charge is 0.494 e. The third kappa shape index (κ3) is 3.10. The molecule has 0 aromatic heterocycles. The van der Waals surface area contributed by atoms with Gasteiger partial charge in [-0.3, -0.25) is 0 Å². The molecule has 2 amide bonds. The molecule has 5 nitrogen and oxygen atoms in total. The van der Waals surface area contributed by atoms with Crippen LogP contribution in [0.3, 0.4) is 0 Å². The van der Waals surface area contributed by atoms with Gasteiger partial charge in [-0.15, -0.1) is 0 Å². The van der Waals surface area contributed by atoms with Crippen LogP contribution in [0.15, 0.2) is 12.1 Å². The van der Waals surface area contributed by atoms with Crippen molar-refractivity contribution in [1.82, 2.24) is 10.6 Å². The molecule has 1 aromatic carbocycles. The molecular formula is C14H20N2O3. The summed E-state index contributed by atoms with van der Waals surface area (Å²) in [4.78, 5) is 11.2. The zero-order valence-electron chi connectivity index (χ0n) is 11.6. The van der Waals surface area contributed by atoms with Crippen LogP contribution in [0.4, 0.5) is 4.79 Å². The fourth-order valence-electron chi connectivity index (χ4n) is 2.17. The van der Waals surface area contributed by atoms with Crippen LogP contribution in [0.2, 0.25) is 0 Å². The van der Waals surface area contributed by atoms with Crippen LogP contribution in [0, 0.1) is 0 Å². The lowest BCUT2D eigenvalue weighted by molar-refractivity contribution is 0.242. The Kier molecular flexibility index (Phi) is 4.14. The second kappa shape index (κ2) is 5.82. The van der Waals surface area contributed by atoms with E-state index in [2.05, 4.69) is 10.6 Å². The SMILES string of the molecule is CCOc1cc2c(cc1CNC(=O)NC)O[C@@H](C)C2. The maximum absolute atomic E-state index is 11.2. The van der Waals surface area contributed by atoms with Gasteiger partial charge in [-0.25, -0.2) is 4.79 Å². The number of hydrogen-bond donors (Lipinski definition) is 2. The number of fused-ring (bicyclic) bond motifs is 1. The highest BCUT2D eigenvalue weighted by molar-refractivity contribution is 5.73. The lowest BCUT2D eigenvalue weighted by atomic mass is 10.1. The Labute approximate surface area is 113 Å². The van der Waals surface area contributed by atoms with Crippen LogP contribution >= 0.6 is 0 Å². The molecule has 19 heavy (non-hydrogen) atoms. The number of urea groups is 1. The molecule has 0 fully saturated rings. The van der Waals surface area contributed by atoms with Gasteiger partial charge in [0, 0.05) is 31.1 Å². The second-order valence-electron chi connectivity index (χ2n) is 4.57. The summed E-state index contributed by atoms with van der Waals surface area (Å²) >= 11 is 0. The summed E-state index contributed by atoms with van der Waals surface area (Å²) in [6, 6.07) is 3.76. The number of amides is 2. The number of carbonyl (C=O) groups excluding carboxylic acids is 1. The van der Waals surface area contributed by atoms with Crippen molar-refractivity contribution in [3.63, 3.8) is 0 Å². The fraction of sp³-hybridized carbons (Fsp3) is 0.500. The zero-order chi connectivity index (χ0) is 13.8. The first-order valence-corrected chi connectivity index (χ1v) is 6.54. The Morgan fingerprint density at radius 1 is 1.53 bits per heavy atom. The van der Waals surface area contributed by atoms with Crippen LogP contribution in [0.5, 0.6) is 11.5 Å². The second-order valence-corrected chi connectivity index (χ2v) is 4.57. The van der Waals surface area contributed by atoms with Crippen LogP contribution in [-0.2, 0) is 13.0 Å². The molecule has 0 saturated carbocycles. The van der Waals surface area contributed by atoms with Crippen molar-refractivity contribution in [2.24, 2.45) is 0 Å². The molecule has 0 spiro atoms. The van der Waals surface area contributed by atoms with Crippen LogP contribution in [-0.4, -0.2) is 25.8 Å². The lowest BCUT2D eigenvalue weighted by Crippen LogP contribution is -2.32. The average molecular weight is 264 g/mol. The van der Waals surface area contributed by atoms with Gasteiger partial charge in [-0.2, -0.15) is 0 Å². The van der Waals surface area contributed by atoms with Crippen molar-refractivity contribution >= 4 is 6.03 Å². The van der Waals surface area contributed by atoms with Crippen molar-refractivity contribution in [1.29, 1.82) is 0 Å². The van der Waals surface area contributed by atoms with E-state index in [4.69, 9.17) is 9.47 Å². The Bertz CT molecular complexity index is 474. The molecular weight excluding hydrogens is 244 g/mol. The average Bonchev–Trinajstić information content (AvgIpc) is 2.75. The Morgan fingerprint density at radius 3 is 3.00 bits per heavy atom. The molecule has 1 heterocycles. The van der Waals surface area contributed by atoms with E-state index in [0.717, 1.165) is 23.5 Å². The Morgan fingerprint density at radius 2 is 2.32 bits per heavy atom. The standard InChI is InChI=1S/C14H20N2O3/c1-4-18-12-6-10-5-9(2)19-13(10)7-11(12)8-16-14(17)15-3/h6-7,9H,4-5,8H2,1-3H3,(H2,15,16,17)/t9-/m0/s1. The first kappa shape index (κ1) is 13.5. The highest BCUT2D eigenvalue weighted by atomic mass is 16.5. The topological polar surface area (TPSA) is 59.6 Å². The minimum Gasteiger partial charge on any atom is -0.494 e. The highest BCUT2D eigenvalue weighted by Crippen LogP contribution is 2.35. The summed E-state index contributed by atoms with van der Waals surface area (Å²) in [6.45, 7) is 5.01. The van der Waals surface area contributed by atoms with Crippen molar-refractivity contribution in [3.8, 4) is 11.5 Å². The molecule has 0 unspecified atom stereocenters. The molecule has 2 N–H and O–H groups in total. The monoisotopic (exact) mass is 264 g/mol. The minimum atomic E-state index is -0.211. The third-order valence-corrected chi connectivity index (χ3v) is 3.05. The molecule has 1 aliphatic rings. The van der Waals surface area contributed by atoms with Crippen LogP contribution in [0.25, 0.3) is 0 Å². The van der Waals surface area contributed by atoms with Crippen molar-refractivity contribution in [3.05, 3.63) is 23.3 Å². The fourth-order valence-corrected chi connectivity index (χ4v) is 2.17. The smallest absolute Gasteiger partial charge is 0.314 e. The van der Waals surface area contributed by atoms with Gasteiger partial charge in [-0.05, 0) is 26.0 Å². The normalized spacial score (nSPS) is 16.5. The van der Waals surface area contributed by atoms with Gasteiger partial charge in [0.25, 0.3) is 0 Å². The molecule has 1 atom stereocenters. The summed E-state index contributed by atoms with van der Waals surface area (Å²) in [7, 11) is 1.59. The van der Waals surface area contributed by atoms with Gasteiger partial charge in [0.15, 0.2) is 0 Å². The Balaban J connectivity index is 2.20. The van der Waals surface area contributed by atoms with E-state index in [9.17, 15) is 4.79 Å². The minimum absolute atomic E-state index is 0.201. The van der Waals surface area contributed by atoms with E-state index in [-0.39, 0.29) is 12.1 Å². The number of carbonyl (C=O) groups is 1. The molecule has 5 heteroatoms. The summed E-state index contributed by atoms with van der Waals surface area (Å²) in [6.07, 6.45) is 1.10. The van der Waals surface area contributed by atoms with E-state index < -0.39 is 0 Å². The number of hydrogen-bond acceptors (Lipinski definition) is 3. The molecule has 0 radical (unpaired) electrons. The molecule has 0 bridgehead atoms. The maximum Gasteiger partial charge on any atom is 0.314 e. The van der Waals surface area contributed by atoms with Gasteiger partial charge >= 0.3 is 6.03 Å². The molecule has 2 rings (SSSR count). The number of nitrogens with one attached hydrogen (secondary N) is 2. The van der Waals surface area contributed by atoms with Crippen molar-refractivity contribution in [2.45, 2.75) is 32.9 Å². The van der Waals surface area contributed by atoms with Crippen LogP contribution < -0.4 is 20.1 Å². The highest BCUT2D eigenvalue weighted by Gasteiger charge is 2.21. The summed E-state index contributed by atoms with van der Waals surface area (Å²) in [5.74, 6) is 1.71. The van der Waals surface area contributed by atoms with E-state index >= 15 is 0 Å².